The summed E-state index contributed by atoms with van der Waals surface area (Å²) in [6, 6.07) is 11.4. The van der Waals surface area contributed by atoms with E-state index in [0.29, 0.717) is 11.6 Å². The molecule has 2 aromatic carbocycles. The van der Waals surface area contributed by atoms with Crippen LogP contribution in [0.4, 0.5) is 5.69 Å². The smallest absolute Gasteiger partial charge is 0.298 e. The van der Waals surface area contributed by atoms with Gasteiger partial charge in [0.05, 0.1) is 0 Å². The first-order valence-corrected chi connectivity index (χ1v) is 8.28. The summed E-state index contributed by atoms with van der Waals surface area (Å²) in [5, 5.41) is 1.25. The summed E-state index contributed by atoms with van der Waals surface area (Å²) < 4.78 is 10.3. The van der Waals surface area contributed by atoms with Crippen molar-refractivity contribution in [1.82, 2.24) is 9.36 Å². The molecule has 4 nitrogen and oxygen atoms in total. The Morgan fingerprint density at radius 3 is 2.43 bits per heavy atom. The maximum absolute atomic E-state index is 5.90. The van der Waals surface area contributed by atoms with Crippen LogP contribution < -0.4 is 10.5 Å². The first-order valence-electron chi connectivity index (χ1n) is 7.13. The van der Waals surface area contributed by atoms with Gasteiger partial charge in [-0.25, -0.2) is 0 Å². The summed E-state index contributed by atoms with van der Waals surface area (Å²) in [5.74, 6) is 1.52. The SMILES string of the molecule is Cc1cc(N)cc(C)c1Oc1nc(Cc2ccc(Cl)cc2)ns1. The normalized spacial score (nSPS) is 10.7. The highest BCUT2D eigenvalue weighted by molar-refractivity contribution is 7.07. The molecule has 23 heavy (non-hydrogen) atoms. The van der Waals surface area contributed by atoms with E-state index in [4.69, 9.17) is 22.1 Å². The van der Waals surface area contributed by atoms with Crippen LogP contribution in [0.15, 0.2) is 36.4 Å². The van der Waals surface area contributed by atoms with Crippen molar-refractivity contribution >= 4 is 28.8 Å². The highest BCUT2D eigenvalue weighted by Crippen LogP contribution is 2.31. The molecule has 0 atom stereocenters. The van der Waals surface area contributed by atoms with Crippen LogP contribution >= 0.6 is 23.1 Å². The molecule has 0 saturated heterocycles. The van der Waals surface area contributed by atoms with Crippen molar-refractivity contribution in [3.05, 3.63) is 63.9 Å². The van der Waals surface area contributed by atoms with Gasteiger partial charge in [-0.15, -0.1) is 0 Å². The lowest BCUT2D eigenvalue weighted by molar-refractivity contribution is 0.470. The Morgan fingerprint density at radius 2 is 1.78 bits per heavy atom. The fourth-order valence-electron chi connectivity index (χ4n) is 2.37. The third kappa shape index (κ3) is 3.81. The Bertz CT molecular complexity index is 807. The average molecular weight is 346 g/mol. The van der Waals surface area contributed by atoms with Crippen LogP contribution in [0.3, 0.4) is 0 Å². The monoisotopic (exact) mass is 345 g/mol. The summed E-state index contributed by atoms with van der Waals surface area (Å²) in [6.07, 6.45) is 0.650. The molecular formula is C17H16ClN3OS. The molecule has 0 aliphatic heterocycles. The van der Waals surface area contributed by atoms with Crippen LogP contribution in [0, 0.1) is 13.8 Å². The van der Waals surface area contributed by atoms with Gasteiger partial charge in [-0.2, -0.15) is 9.36 Å². The van der Waals surface area contributed by atoms with Gasteiger partial charge >= 0.3 is 0 Å². The number of anilines is 1. The van der Waals surface area contributed by atoms with E-state index in [0.717, 1.165) is 39.0 Å². The van der Waals surface area contributed by atoms with Crippen molar-refractivity contribution in [2.45, 2.75) is 20.3 Å². The second kappa shape index (κ2) is 6.56. The molecule has 0 saturated carbocycles. The predicted molar refractivity (Wildman–Crippen MR) is 94.6 cm³/mol. The highest BCUT2D eigenvalue weighted by Gasteiger charge is 2.11. The Hall–Kier alpha value is -2.11. The quantitative estimate of drug-likeness (QED) is 0.691. The van der Waals surface area contributed by atoms with Crippen LogP contribution in [-0.2, 0) is 6.42 Å². The molecular weight excluding hydrogens is 330 g/mol. The van der Waals surface area contributed by atoms with Crippen molar-refractivity contribution < 1.29 is 4.74 Å². The second-order valence-electron chi connectivity index (χ2n) is 5.37. The van der Waals surface area contributed by atoms with Crippen LogP contribution in [0.2, 0.25) is 5.02 Å². The van der Waals surface area contributed by atoms with Gasteiger partial charge in [-0.05, 0) is 54.8 Å². The Morgan fingerprint density at radius 1 is 1.13 bits per heavy atom. The number of nitrogen functional groups attached to an aromatic ring is 1. The lowest BCUT2D eigenvalue weighted by Crippen LogP contribution is -1.95. The fraction of sp³-hybridized carbons (Fsp3) is 0.176. The van der Waals surface area contributed by atoms with Crippen LogP contribution in [0.1, 0.15) is 22.5 Å². The highest BCUT2D eigenvalue weighted by atomic mass is 35.5. The van der Waals surface area contributed by atoms with Crippen molar-refractivity contribution in [1.29, 1.82) is 0 Å². The summed E-state index contributed by atoms with van der Waals surface area (Å²) in [6.45, 7) is 3.93. The van der Waals surface area contributed by atoms with Crippen molar-refractivity contribution in [2.24, 2.45) is 0 Å². The number of hydrogen-bond acceptors (Lipinski definition) is 5. The Balaban J connectivity index is 1.76. The number of ether oxygens (including phenoxy) is 1. The summed E-state index contributed by atoms with van der Waals surface area (Å²) in [7, 11) is 0. The summed E-state index contributed by atoms with van der Waals surface area (Å²) >= 11 is 7.14. The largest absolute Gasteiger partial charge is 0.429 e. The third-order valence-electron chi connectivity index (χ3n) is 3.40. The van der Waals surface area contributed by atoms with E-state index < -0.39 is 0 Å². The maximum Gasteiger partial charge on any atom is 0.298 e. The molecule has 2 N–H and O–H groups in total. The predicted octanol–water partition coefficient (Wildman–Crippen LogP) is 4.77. The Labute approximate surface area is 144 Å². The van der Waals surface area contributed by atoms with Gasteiger partial charge in [0.1, 0.15) is 5.75 Å². The van der Waals surface area contributed by atoms with E-state index in [9.17, 15) is 0 Å². The topological polar surface area (TPSA) is 61.0 Å². The van der Waals surface area contributed by atoms with Gasteiger partial charge in [0.2, 0.25) is 0 Å². The first kappa shape index (κ1) is 15.8. The molecule has 1 heterocycles. The molecule has 3 rings (SSSR count). The van der Waals surface area contributed by atoms with E-state index in [1.165, 1.54) is 11.5 Å². The number of nitrogens with two attached hydrogens (primary N) is 1. The van der Waals surface area contributed by atoms with Crippen molar-refractivity contribution in [3.8, 4) is 10.9 Å². The van der Waals surface area contributed by atoms with Crippen LogP contribution in [0.25, 0.3) is 0 Å². The fourth-order valence-corrected chi connectivity index (χ4v) is 3.05. The van der Waals surface area contributed by atoms with Gasteiger partial charge in [-0.3, -0.25) is 0 Å². The minimum Gasteiger partial charge on any atom is -0.429 e. The standard InChI is InChI=1S/C17H16ClN3OS/c1-10-7-14(19)8-11(2)16(10)22-17-20-15(21-23-17)9-12-3-5-13(18)6-4-12/h3-8H,9,19H2,1-2H3. The van der Waals surface area contributed by atoms with E-state index in [1.807, 2.05) is 50.2 Å². The zero-order chi connectivity index (χ0) is 16.4. The number of hydrogen-bond donors (Lipinski definition) is 1. The lowest BCUT2D eigenvalue weighted by atomic mass is 10.1. The van der Waals surface area contributed by atoms with Gasteiger partial charge < -0.3 is 10.5 Å². The molecule has 0 bridgehead atoms. The van der Waals surface area contributed by atoms with E-state index in [2.05, 4.69) is 9.36 Å². The average Bonchev–Trinajstić information content (AvgIpc) is 2.93. The molecule has 0 spiro atoms. The van der Waals surface area contributed by atoms with Crippen molar-refractivity contribution in [2.75, 3.05) is 5.73 Å². The molecule has 3 aromatic rings. The molecule has 1 aromatic heterocycles. The molecule has 6 heteroatoms. The summed E-state index contributed by atoms with van der Waals surface area (Å²) in [4.78, 5) is 4.45. The number of aryl methyl sites for hydroxylation is 2. The minimum atomic E-state index is 0.532. The molecule has 0 amide bonds. The molecule has 0 unspecified atom stereocenters. The first-order chi connectivity index (χ1) is 11.0. The molecule has 0 aliphatic rings. The van der Waals surface area contributed by atoms with E-state index >= 15 is 0 Å². The van der Waals surface area contributed by atoms with E-state index in [-0.39, 0.29) is 0 Å². The molecule has 0 radical (unpaired) electrons. The second-order valence-corrected chi connectivity index (χ2v) is 6.52. The number of aromatic nitrogens is 2. The summed E-state index contributed by atoms with van der Waals surface area (Å²) in [5.41, 5.74) is 9.64. The lowest BCUT2D eigenvalue weighted by Gasteiger charge is -2.09. The number of benzene rings is 2. The Kier molecular flexibility index (Phi) is 4.50. The zero-order valence-corrected chi connectivity index (χ0v) is 14.4. The maximum atomic E-state index is 5.90. The molecule has 118 valence electrons. The van der Waals surface area contributed by atoms with Crippen LogP contribution in [0.5, 0.6) is 10.9 Å². The van der Waals surface area contributed by atoms with E-state index in [1.54, 1.807) is 0 Å². The molecule has 0 aliphatic carbocycles. The molecule has 0 fully saturated rings. The van der Waals surface area contributed by atoms with Gasteiger partial charge in [-0.1, -0.05) is 23.7 Å². The minimum absolute atomic E-state index is 0.532. The van der Waals surface area contributed by atoms with Crippen molar-refractivity contribution in [3.63, 3.8) is 0 Å². The zero-order valence-electron chi connectivity index (χ0n) is 12.8. The van der Waals surface area contributed by atoms with Gasteiger partial charge in [0.25, 0.3) is 5.19 Å². The van der Waals surface area contributed by atoms with Crippen LogP contribution in [-0.4, -0.2) is 9.36 Å². The third-order valence-corrected chi connectivity index (χ3v) is 4.28. The number of halogens is 1. The number of rotatable bonds is 4. The van der Waals surface area contributed by atoms with Gasteiger partial charge in [0, 0.05) is 28.7 Å². The number of nitrogens with zero attached hydrogens (tertiary/aromatic N) is 2. The van der Waals surface area contributed by atoms with Gasteiger partial charge in [0.15, 0.2) is 5.82 Å².